The molecule has 1 aliphatic carbocycles. The molecule has 14 heavy (non-hydrogen) atoms. The summed E-state index contributed by atoms with van der Waals surface area (Å²) >= 11 is 0. The largest absolute Gasteiger partial charge is 0.466 e. The van der Waals surface area contributed by atoms with E-state index in [1.165, 1.54) is 0 Å². The Bertz CT molecular complexity index is 223. The minimum absolute atomic E-state index is 0.150. The van der Waals surface area contributed by atoms with Crippen molar-refractivity contribution < 1.29 is 14.6 Å². The van der Waals surface area contributed by atoms with E-state index in [9.17, 15) is 9.90 Å². The molecule has 1 rings (SSSR count). The van der Waals surface area contributed by atoms with Crippen molar-refractivity contribution in [2.75, 3.05) is 6.61 Å². The van der Waals surface area contributed by atoms with Crippen molar-refractivity contribution in [3.05, 3.63) is 0 Å². The highest BCUT2D eigenvalue weighted by Gasteiger charge is 2.49. The van der Waals surface area contributed by atoms with E-state index >= 15 is 0 Å². The Morgan fingerprint density at radius 2 is 2.14 bits per heavy atom. The molecule has 1 aliphatic rings. The van der Waals surface area contributed by atoms with E-state index in [0.29, 0.717) is 13.0 Å². The maximum atomic E-state index is 11.6. The van der Waals surface area contributed by atoms with Crippen LogP contribution in [0.5, 0.6) is 0 Å². The van der Waals surface area contributed by atoms with Crippen LogP contribution in [0.2, 0.25) is 0 Å². The Labute approximate surface area is 85.5 Å². The fourth-order valence-electron chi connectivity index (χ4n) is 2.21. The molecule has 1 fully saturated rings. The summed E-state index contributed by atoms with van der Waals surface area (Å²) < 4.78 is 5.01. The monoisotopic (exact) mass is 200 g/mol. The van der Waals surface area contributed by atoms with E-state index in [1.807, 2.05) is 20.8 Å². The topological polar surface area (TPSA) is 46.5 Å². The molecule has 1 N–H and O–H groups in total. The van der Waals surface area contributed by atoms with E-state index in [0.717, 1.165) is 0 Å². The molecule has 3 nitrogen and oxygen atoms in total. The Morgan fingerprint density at radius 1 is 1.57 bits per heavy atom. The SMILES string of the molecule is CCOC(=O)C1CC(O)C(C)C1(C)C. The van der Waals surface area contributed by atoms with Gasteiger partial charge in [-0.1, -0.05) is 20.8 Å². The van der Waals surface area contributed by atoms with Crippen molar-refractivity contribution in [3.8, 4) is 0 Å². The van der Waals surface area contributed by atoms with Crippen molar-refractivity contribution in [2.45, 2.75) is 40.2 Å². The lowest BCUT2D eigenvalue weighted by atomic mass is 9.76. The summed E-state index contributed by atoms with van der Waals surface area (Å²) in [6.07, 6.45) is 0.159. The van der Waals surface area contributed by atoms with Crippen LogP contribution in [0.15, 0.2) is 0 Å². The number of carbonyl (C=O) groups excluding carboxylic acids is 1. The lowest BCUT2D eigenvalue weighted by Gasteiger charge is -2.29. The number of hydrogen-bond donors (Lipinski definition) is 1. The Hall–Kier alpha value is -0.570. The van der Waals surface area contributed by atoms with Crippen LogP contribution in [0.1, 0.15) is 34.1 Å². The van der Waals surface area contributed by atoms with Gasteiger partial charge < -0.3 is 9.84 Å². The zero-order valence-electron chi connectivity index (χ0n) is 9.41. The lowest BCUT2D eigenvalue weighted by molar-refractivity contribution is -0.151. The second-order valence-corrected chi connectivity index (χ2v) is 4.72. The van der Waals surface area contributed by atoms with Crippen molar-refractivity contribution >= 4 is 5.97 Å². The van der Waals surface area contributed by atoms with Crippen LogP contribution >= 0.6 is 0 Å². The highest BCUT2D eigenvalue weighted by Crippen LogP contribution is 2.47. The summed E-state index contributed by atoms with van der Waals surface area (Å²) in [5.74, 6) is -0.176. The fraction of sp³-hybridized carbons (Fsp3) is 0.909. The predicted molar refractivity (Wildman–Crippen MR) is 53.7 cm³/mol. The van der Waals surface area contributed by atoms with Crippen LogP contribution in [-0.2, 0) is 9.53 Å². The number of aliphatic hydroxyl groups is 1. The predicted octanol–water partition coefficient (Wildman–Crippen LogP) is 1.59. The van der Waals surface area contributed by atoms with Crippen LogP contribution in [0.4, 0.5) is 0 Å². The van der Waals surface area contributed by atoms with Gasteiger partial charge in [-0.3, -0.25) is 4.79 Å². The summed E-state index contributed by atoms with van der Waals surface area (Å²) in [6.45, 7) is 8.25. The average Bonchev–Trinajstić information content (AvgIpc) is 2.30. The molecule has 1 saturated carbocycles. The molecule has 0 radical (unpaired) electrons. The van der Waals surface area contributed by atoms with E-state index in [1.54, 1.807) is 6.92 Å². The number of hydrogen-bond acceptors (Lipinski definition) is 3. The first-order chi connectivity index (χ1) is 6.41. The number of ether oxygens (including phenoxy) is 1. The van der Waals surface area contributed by atoms with Gasteiger partial charge in [-0.25, -0.2) is 0 Å². The molecule has 0 amide bonds. The van der Waals surface area contributed by atoms with Gasteiger partial charge in [0.1, 0.15) is 0 Å². The molecule has 0 aromatic heterocycles. The molecular formula is C11H20O3. The minimum Gasteiger partial charge on any atom is -0.466 e. The van der Waals surface area contributed by atoms with Gasteiger partial charge in [0.05, 0.1) is 18.6 Å². The van der Waals surface area contributed by atoms with Crippen LogP contribution < -0.4 is 0 Å². The van der Waals surface area contributed by atoms with Gasteiger partial charge in [0.15, 0.2) is 0 Å². The van der Waals surface area contributed by atoms with Gasteiger partial charge in [0.25, 0.3) is 0 Å². The highest BCUT2D eigenvalue weighted by atomic mass is 16.5. The second kappa shape index (κ2) is 3.89. The highest BCUT2D eigenvalue weighted by molar-refractivity contribution is 5.74. The van der Waals surface area contributed by atoms with Crippen molar-refractivity contribution in [1.29, 1.82) is 0 Å². The Morgan fingerprint density at radius 3 is 2.50 bits per heavy atom. The van der Waals surface area contributed by atoms with Crippen LogP contribution in [0, 0.1) is 17.3 Å². The third-order valence-corrected chi connectivity index (χ3v) is 3.70. The molecule has 0 heterocycles. The van der Waals surface area contributed by atoms with Gasteiger partial charge in [-0.15, -0.1) is 0 Å². The van der Waals surface area contributed by atoms with Crippen LogP contribution in [0.3, 0.4) is 0 Å². The van der Waals surface area contributed by atoms with E-state index in [2.05, 4.69) is 0 Å². The van der Waals surface area contributed by atoms with Gasteiger partial charge in [-0.05, 0) is 24.7 Å². The summed E-state index contributed by atoms with van der Waals surface area (Å²) in [6, 6.07) is 0. The molecule has 3 heteroatoms. The smallest absolute Gasteiger partial charge is 0.309 e. The lowest BCUT2D eigenvalue weighted by Crippen LogP contribution is -2.31. The van der Waals surface area contributed by atoms with Crippen LogP contribution in [0.25, 0.3) is 0 Å². The standard InChI is InChI=1S/C11H20O3/c1-5-14-10(13)8-6-9(12)7(2)11(8,3)4/h7-9,12H,5-6H2,1-4H3. The number of rotatable bonds is 2. The molecular weight excluding hydrogens is 180 g/mol. The fourth-order valence-corrected chi connectivity index (χ4v) is 2.21. The molecule has 0 spiro atoms. The molecule has 0 aromatic rings. The molecule has 82 valence electrons. The first kappa shape index (κ1) is 11.5. The van der Waals surface area contributed by atoms with Crippen molar-refractivity contribution in [1.82, 2.24) is 0 Å². The molecule has 0 bridgehead atoms. The molecule has 0 saturated heterocycles. The molecule has 3 unspecified atom stereocenters. The maximum absolute atomic E-state index is 11.6. The summed E-state index contributed by atoms with van der Waals surface area (Å²) in [5, 5.41) is 9.71. The van der Waals surface area contributed by atoms with Crippen LogP contribution in [-0.4, -0.2) is 23.8 Å². The maximum Gasteiger partial charge on any atom is 0.309 e. The second-order valence-electron chi connectivity index (χ2n) is 4.72. The van der Waals surface area contributed by atoms with Gasteiger partial charge in [0.2, 0.25) is 0 Å². The van der Waals surface area contributed by atoms with E-state index < -0.39 is 0 Å². The van der Waals surface area contributed by atoms with Crippen molar-refractivity contribution in [3.63, 3.8) is 0 Å². The minimum atomic E-state index is -0.376. The average molecular weight is 200 g/mol. The number of carbonyl (C=O) groups is 1. The Kier molecular flexibility index (Phi) is 3.20. The summed E-state index contributed by atoms with van der Waals surface area (Å²) in [4.78, 5) is 11.6. The third-order valence-electron chi connectivity index (χ3n) is 3.70. The van der Waals surface area contributed by atoms with Gasteiger partial charge >= 0.3 is 5.97 Å². The van der Waals surface area contributed by atoms with E-state index in [-0.39, 0.29) is 29.3 Å². The van der Waals surface area contributed by atoms with E-state index in [4.69, 9.17) is 4.74 Å². The molecule has 3 atom stereocenters. The first-order valence-corrected chi connectivity index (χ1v) is 5.26. The normalized spacial score (nSPS) is 35.6. The summed E-state index contributed by atoms with van der Waals surface area (Å²) in [7, 11) is 0. The zero-order valence-corrected chi connectivity index (χ0v) is 9.41. The number of esters is 1. The first-order valence-electron chi connectivity index (χ1n) is 5.26. The zero-order chi connectivity index (χ0) is 10.9. The quantitative estimate of drug-likeness (QED) is 0.689. The summed E-state index contributed by atoms with van der Waals surface area (Å²) in [5.41, 5.74) is -0.161. The van der Waals surface area contributed by atoms with Gasteiger partial charge in [-0.2, -0.15) is 0 Å². The number of aliphatic hydroxyl groups excluding tert-OH is 1. The van der Waals surface area contributed by atoms with Crippen molar-refractivity contribution in [2.24, 2.45) is 17.3 Å². The van der Waals surface area contributed by atoms with Gasteiger partial charge in [0, 0.05) is 0 Å². The third kappa shape index (κ3) is 1.78. The molecule has 0 aliphatic heterocycles. The Balaban J connectivity index is 2.76. The molecule has 0 aromatic carbocycles.